The zero-order valence-corrected chi connectivity index (χ0v) is 17.4. The number of carbonyl (C=O) groups is 1. The number of carbonyl (C=O) groups excluding carboxylic acids is 1. The van der Waals surface area contributed by atoms with Crippen molar-refractivity contribution in [2.45, 2.75) is 62.6 Å². The minimum Gasteiger partial charge on any atom is -0.487 e. The van der Waals surface area contributed by atoms with Crippen molar-refractivity contribution < 1.29 is 9.53 Å². The Balaban J connectivity index is 0.00000205. The highest BCUT2D eigenvalue weighted by Crippen LogP contribution is 2.47. The molecule has 1 aliphatic carbocycles. The summed E-state index contributed by atoms with van der Waals surface area (Å²) in [5.41, 5.74) is 1.44. The van der Waals surface area contributed by atoms with Gasteiger partial charge in [0.15, 0.2) is 0 Å². The molecule has 2 N–H and O–H groups in total. The lowest BCUT2D eigenvalue weighted by molar-refractivity contribution is 0.0360. The molecule has 0 radical (unpaired) electrons. The van der Waals surface area contributed by atoms with E-state index in [4.69, 9.17) is 4.74 Å². The minimum absolute atomic E-state index is 0. The number of fused-ring (bicyclic) bond motifs is 1. The van der Waals surface area contributed by atoms with E-state index < -0.39 is 0 Å². The molecule has 156 valence electrons. The van der Waals surface area contributed by atoms with Crippen molar-refractivity contribution in [1.82, 2.24) is 20.4 Å². The van der Waals surface area contributed by atoms with Gasteiger partial charge < -0.3 is 15.4 Å². The minimum atomic E-state index is -0.126. The van der Waals surface area contributed by atoms with Crippen LogP contribution < -0.4 is 15.4 Å². The highest BCUT2D eigenvalue weighted by Gasteiger charge is 2.43. The van der Waals surface area contributed by atoms with Gasteiger partial charge >= 0.3 is 0 Å². The summed E-state index contributed by atoms with van der Waals surface area (Å²) < 4.78 is 8.35. The van der Waals surface area contributed by atoms with E-state index in [9.17, 15) is 4.79 Å². The summed E-state index contributed by atoms with van der Waals surface area (Å²) in [6.45, 7) is 1.98. The topological polar surface area (TPSA) is 68.2 Å². The van der Waals surface area contributed by atoms with Crippen molar-refractivity contribution in [3.8, 4) is 5.75 Å². The van der Waals surface area contributed by atoms with Gasteiger partial charge in [-0.25, -0.2) is 0 Å². The Morgan fingerprint density at radius 3 is 2.83 bits per heavy atom. The Bertz CT molecular complexity index is 856. The van der Waals surface area contributed by atoms with Crippen molar-refractivity contribution >= 4 is 18.3 Å². The van der Waals surface area contributed by atoms with Crippen LogP contribution in [0.15, 0.2) is 36.5 Å². The van der Waals surface area contributed by atoms with E-state index in [-0.39, 0.29) is 30.0 Å². The first-order valence-corrected chi connectivity index (χ1v) is 10.6. The summed E-state index contributed by atoms with van der Waals surface area (Å²) in [7, 11) is 0. The SMILES string of the molecule is Cl.O=C(NC1CC2(CCCC2)Oc2ccccc21)c1ccn(C2CCCNC2)n1. The second kappa shape index (κ2) is 8.36. The number of halogens is 1. The molecule has 2 aromatic rings. The molecule has 2 atom stereocenters. The predicted octanol–water partition coefficient (Wildman–Crippen LogP) is 3.80. The van der Waals surface area contributed by atoms with E-state index >= 15 is 0 Å². The van der Waals surface area contributed by atoms with Crippen LogP contribution in [0.2, 0.25) is 0 Å². The molecule has 1 saturated heterocycles. The first-order chi connectivity index (χ1) is 13.7. The zero-order valence-electron chi connectivity index (χ0n) is 16.6. The van der Waals surface area contributed by atoms with Gasteiger partial charge in [-0.05, 0) is 57.2 Å². The first kappa shape index (κ1) is 20.2. The van der Waals surface area contributed by atoms with Crippen LogP contribution in [-0.4, -0.2) is 34.4 Å². The summed E-state index contributed by atoms with van der Waals surface area (Å²) in [4.78, 5) is 13.0. The van der Waals surface area contributed by atoms with Crippen LogP contribution in [-0.2, 0) is 0 Å². The van der Waals surface area contributed by atoms with Gasteiger partial charge in [-0.15, -0.1) is 12.4 Å². The average molecular weight is 417 g/mol. The van der Waals surface area contributed by atoms with Gasteiger partial charge in [0.25, 0.3) is 5.91 Å². The monoisotopic (exact) mass is 416 g/mol. The lowest BCUT2D eigenvalue weighted by atomic mass is 9.86. The Morgan fingerprint density at radius 1 is 1.21 bits per heavy atom. The van der Waals surface area contributed by atoms with E-state index in [1.54, 1.807) is 0 Å². The van der Waals surface area contributed by atoms with Crippen molar-refractivity contribution in [1.29, 1.82) is 0 Å². The molecular formula is C22H29ClN4O2. The van der Waals surface area contributed by atoms with E-state index in [0.717, 1.165) is 56.5 Å². The fourth-order valence-electron chi connectivity index (χ4n) is 5.03. The number of hydrogen-bond donors (Lipinski definition) is 2. The fraction of sp³-hybridized carbons (Fsp3) is 0.545. The molecule has 0 bridgehead atoms. The van der Waals surface area contributed by atoms with E-state index in [1.165, 1.54) is 12.8 Å². The molecule has 5 rings (SSSR count). The van der Waals surface area contributed by atoms with Crippen LogP contribution in [0.1, 0.15) is 73.1 Å². The van der Waals surface area contributed by atoms with Gasteiger partial charge in [0.05, 0.1) is 12.1 Å². The molecule has 1 amide bonds. The molecule has 1 spiro atoms. The Morgan fingerprint density at radius 2 is 2.03 bits per heavy atom. The number of aromatic nitrogens is 2. The number of nitrogens with zero attached hydrogens (tertiary/aromatic N) is 2. The third kappa shape index (κ3) is 4.01. The zero-order chi connectivity index (χ0) is 19.0. The Kier molecular flexibility index (Phi) is 5.83. The van der Waals surface area contributed by atoms with Gasteiger partial charge in [0, 0.05) is 24.7 Å². The molecule has 3 aliphatic rings. The van der Waals surface area contributed by atoms with Crippen molar-refractivity contribution in [2.75, 3.05) is 13.1 Å². The fourth-order valence-corrected chi connectivity index (χ4v) is 5.03. The summed E-state index contributed by atoms with van der Waals surface area (Å²) in [5.74, 6) is 0.817. The maximum absolute atomic E-state index is 13.0. The molecule has 2 aliphatic heterocycles. The van der Waals surface area contributed by atoms with Crippen molar-refractivity contribution in [3.63, 3.8) is 0 Å². The van der Waals surface area contributed by atoms with Gasteiger partial charge in [0.1, 0.15) is 17.0 Å². The van der Waals surface area contributed by atoms with Crippen LogP contribution in [0, 0.1) is 0 Å². The second-order valence-electron chi connectivity index (χ2n) is 8.44. The van der Waals surface area contributed by atoms with Crippen molar-refractivity contribution in [2.24, 2.45) is 0 Å². The Labute approximate surface area is 177 Å². The first-order valence-electron chi connectivity index (χ1n) is 10.6. The summed E-state index contributed by atoms with van der Waals surface area (Å²) in [5, 5.41) is 11.2. The highest BCUT2D eigenvalue weighted by atomic mass is 35.5. The highest BCUT2D eigenvalue weighted by molar-refractivity contribution is 5.92. The Hall–Kier alpha value is -2.05. The molecule has 2 fully saturated rings. The second-order valence-corrected chi connectivity index (χ2v) is 8.44. The third-order valence-corrected chi connectivity index (χ3v) is 6.50. The van der Waals surface area contributed by atoms with Gasteiger partial charge in [-0.2, -0.15) is 5.10 Å². The molecule has 3 heterocycles. The maximum Gasteiger partial charge on any atom is 0.272 e. The van der Waals surface area contributed by atoms with Crippen molar-refractivity contribution in [3.05, 3.63) is 47.8 Å². The number of amides is 1. The number of hydrogen-bond acceptors (Lipinski definition) is 4. The number of nitrogens with one attached hydrogen (secondary N) is 2. The molecule has 29 heavy (non-hydrogen) atoms. The molecule has 1 aromatic heterocycles. The third-order valence-electron chi connectivity index (χ3n) is 6.50. The summed E-state index contributed by atoms with van der Waals surface area (Å²) in [6, 6.07) is 10.2. The van der Waals surface area contributed by atoms with Gasteiger partial charge in [0.2, 0.25) is 0 Å². The van der Waals surface area contributed by atoms with Crippen LogP contribution in [0.4, 0.5) is 0 Å². The lowest BCUT2D eigenvalue weighted by Crippen LogP contribution is -2.43. The summed E-state index contributed by atoms with van der Waals surface area (Å²) >= 11 is 0. The molecule has 7 heteroatoms. The van der Waals surface area contributed by atoms with E-state index in [1.807, 2.05) is 35.1 Å². The largest absolute Gasteiger partial charge is 0.487 e. The standard InChI is InChI=1S/C22H28N4O2.ClH/c27-21(18-9-13-26(25-18)16-6-5-12-23-15-16)24-19-14-22(10-3-4-11-22)28-20-8-2-1-7-17(19)20;/h1-2,7-9,13,16,19,23H,3-6,10-12,14-15H2,(H,24,27);1H. The lowest BCUT2D eigenvalue weighted by Gasteiger charge is -2.40. The average Bonchev–Trinajstić information content (AvgIpc) is 3.39. The molecular weight excluding hydrogens is 388 g/mol. The smallest absolute Gasteiger partial charge is 0.272 e. The number of para-hydroxylation sites is 1. The van der Waals surface area contributed by atoms with Crippen LogP contribution >= 0.6 is 12.4 Å². The molecule has 1 aromatic carbocycles. The summed E-state index contributed by atoms with van der Waals surface area (Å²) in [6.07, 6.45) is 9.55. The number of rotatable bonds is 3. The van der Waals surface area contributed by atoms with E-state index in [2.05, 4.69) is 21.8 Å². The van der Waals surface area contributed by atoms with Crippen LogP contribution in [0.25, 0.3) is 0 Å². The number of piperidine rings is 1. The quantitative estimate of drug-likeness (QED) is 0.798. The normalized spacial score (nSPS) is 25.0. The van der Waals surface area contributed by atoms with Gasteiger partial charge in [-0.3, -0.25) is 9.48 Å². The van der Waals surface area contributed by atoms with Gasteiger partial charge in [-0.1, -0.05) is 18.2 Å². The number of benzene rings is 1. The number of ether oxygens (including phenoxy) is 1. The van der Waals surface area contributed by atoms with E-state index in [0.29, 0.717) is 11.7 Å². The maximum atomic E-state index is 13.0. The molecule has 6 nitrogen and oxygen atoms in total. The molecule has 1 saturated carbocycles. The predicted molar refractivity (Wildman–Crippen MR) is 114 cm³/mol. The van der Waals surface area contributed by atoms with Crippen LogP contribution in [0.5, 0.6) is 5.75 Å². The van der Waals surface area contributed by atoms with Crippen LogP contribution in [0.3, 0.4) is 0 Å². The molecule has 2 unspecified atom stereocenters.